The van der Waals surface area contributed by atoms with Crippen LogP contribution < -0.4 is 14.2 Å². The molecule has 1 fully saturated rings. The first-order chi connectivity index (χ1) is 16.8. The van der Waals surface area contributed by atoms with E-state index in [1.807, 2.05) is 59.5 Å². The molecule has 1 saturated heterocycles. The standard InChI is InChI=1S/C25H30N4O5S/c1-33-21-12-8-20(9-13-21)29-24(18-23(27-29)25(30)28-15-4-3-5-16-28)19-6-10-22(11-7-19)34-17-14-26-35(2,31)32/h6-13,18,26H,3-5,14-17H2,1-2H3. The summed E-state index contributed by atoms with van der Waals surface area (Å²) in [4.78, 5) is 15.0. The van der Waals surface area contributed by atoms with Crippen LogP contribution in [0.1, 0.15) is 29.8 Å². The lowest BCUT2D eigenvalue weighted by Crippen LogP contribution is -2.35. The zero-order valence-corrected chi connectivity index (χ0v) is 20.8. The van der Waals surface area contributed by atoms with Crippen LogP contribution in [0, 0.1) is 0 Å². The smallest absolute Gasteiger partial charge is 0.274 e. The Labute approximate surface area is 205 Å². The highest BCUT2D eigenvalue weighted by Crippen LogP contribution is 2.28. The van der Waals surface area contributed by atoms with E-state index < -0.39 is 10.0 Å². The minimum Gasteiger partial charge on any atom is -0.497 e. The van der Waals surface area contributed by atoms with Crippen molar-refractivity contribution in [2.45, 2.75) is 19.3 Å². The van der Waals surface area contributed by atoms with Gasteiger partial charge in [-0.1, -0.05) is 0 Å². The molecule has 0 atom stereocenters. The average Bonchev–Trinajstić information content (AvgIpc) is 3.32. The highest BCUT2D eigenvalue weighted by molar-refractivity contribution is 7.88. The fraction of sp³-hybridized carbons (Fsp3) is 0.360. The number of hydrogen-bond acceptors (Lipinski definition) is 6. The number of carbonyl (C=O) groups excluding carboxylic acids is 1. The number of benzene rings is 2. The number of likely N-dealkylation sites (tertiary alicyclic amines) is 1. The minimum atomic E-state index is -3.25. The van der Waals surface area contributed by atoms with Gasteiger partial charge in [-0.05, 0) is 73.9 Å². The van der Waals surface area contributed by atoms with Crippen molar-refractivity contribution < 1.29 is 22.7 Å². The molecule has 10 heteroatoms. The number of methoxy groups -OCH3 is 1. The minimum absolute atomic E-state index is 0.0588. The molecule has 1 amide bonds. The maximum atomic E-state index is 13.2. The van der Waals surface area contributed by atoms with Crippen LogP contribution in [0.5, 0.6) is 11.5 Å². The van der Waals surface area contributed by atoms with Gasteiger partial charge in [-0.3, -0.25) is 4.79 Å². The Morgan fingerprint density at radius 2 is 1.66 bits per heavy atom. The zero-order valence-electron chi connectivity index (χ0n) is 19.9. The third-order valence-corrected chi connectivity index (χ3v) is 6.50. The van der Waals surface area contributed by atoms with Crippen LogP contribution in [-0.2, 0) is 10.0 Å². The van der Waals surface area contributed by atoms with Gasteiger partial charge in [-0.15, -0.1) is 0 Å². The van der Waals surface area contributed by atoms with Gasteiger partial charge in [0.15, 0.2) is 5.69 Å². The number of rotatable bonds is 9. The van der Waals surface area contributed by atoms with Crippen molar-refractivity contribution >= 4 is 15.9 Å². The summed E-state index contributed by atoms with van der Waals surface area (Å²) in [5, 5.41) is 4.68. The fourth-order valence-electron chi connectivity index (χ4n) is 3.99. The lowest BCUT2D eigenvalue weighted by molar-refractivity contribution is 0.0718. The van der Waals surface area contributed by atoms with Gasteiger partial charge in [0.1, 0.15) is 18.1 Å². The predicted molar refractivity (Wildman–Crippen MR) is 134 cm³/mol. The predicted octanol–water partition coefficient (Wildman–Crippen LogP) is 3.10. The van der Waals surface area contributed by atoms with Gasteiger partial charge >= 0.3 is 0 Å². The first-order valence-electron chi connectivity index (χ1n) is 11.6. The second-order valence-electron chi connectivity index (χ2n) is 8.42. The molecule has 2 aromatic carbocycles. The van der Waals surface area contributed by atoms with E-state index in [9.17, 15) is 13.2 Å². The van der Waals surface area contributed by atoms with E-state index in [0.29, 0.717) is 11.4 Å². The summed E-state index contributed by atoms with van der Waals surface area (Å²) in [5.41, 5.74) is 2.86. The van der Waals surface area contributed by atoms with Crippen LogP contribution in [0.4, 0.5) is 0 Å². The number of piperidine rings is 1. The van der Waals surface area contributed by atoms with Gasteiger partial charge in [-0.25, -0.2) is 17.8 Å². The van der Waals surface area contributed by atoms with Crippen LogP contribution in [0.2, 0.25) is 0 Å². The Kier molecular flexibility index (Phi) is 7.72. The molecule has 0 aliphatic carbocycles. The Morgan fingerprint density at radius 3 is 2.29 bits per heavy atom. The summed E-state index contributed by atoms with van der Waals surface area (Å²) < 4.78 is 37.4. The summed E-state index contributed by atoms with van der Waals surface area (Å²) in [5.74, 6) is 1.29. The molecule has 35 heavy (non-hydrogen) atoms. The molecule has 2 heterocycles. The van der Waals surface area contributed by atoms with E-state index in [2.05, 4.69) is 9.82 Å². The molecule has 4 rings (SSSR count). The molecule has 1 aliphatic rings. The summed E-state index contributed by atoms with van der Waals surface area (Å²) in [7, 11) is -1.63. The number of amides is 1. The SMILES string of the molecule is COc1ccc(-n2nc(C(=O)N3CCCCC3)cc2-c2ccc(OCCNS(C)(=O)=O)cc2)cc1. The van der Waals surface area contributed by atoms with Gasteiger partial charge < -0.3 is 14.4 Å². The van der Waals surface area contributed by atoms with Gasteiger partial charge in [-0.2, -0.15) is 5.10 Å². The van der Waals surface area contributed by atoms with Gasteiger partial charge in [0.25, 0.3) is 5.91 Å². The van der Waals surface area contributed by atoms with Gasteiger partial charge in [0.2, 0.25) is 10.0 Å². The third-order valence-electron chi connectivity index (χ3n) is 5.77. The van der Waals surface area contributed by atoms with Crippen molar-refractivity contribution in [1.82, 2.24) is 19.4 Å². The number of sulfonamides is 1. The first-order valence-corrected chi connectivity index (χ1v) is 13.4. The molecule has 1 aromatic heterocycles. The second-order valence-corrected chi connectivity index (χ2v) is 10.2. The average molecular weight is 499 g/mol. The Balaban J connectivity index is 1.59. The van der Waals surface area contributed by atoms with E-state index in [1.54, 1.807) is 11.8 Å². The van der Waals surface area contributed by atoms with Crippen molar-refractivity contribution in [3.8, 4) is 28.4 Å². The van der Waals surface area contributed by atoms with Crippen molar-refractivity contribution in [2.75, 3.05) is 39.6 Å². The molecular weight excluding hydrogens is 468 g/mol. The molecule has 0 radical (unpaired) electrons. The topological polar surface area (TPSA) is 103 Å². The summed E-state index contributed by atoms with van der Waals surface area (Å²) >= 11 is 0. The number of hydrogen-bond donors (Lipinski definition) is 1. The van der Waals surface area contributed by atoms with E-state index in [4.69, 9.17) is 9.47 Å². The largest absolute Gasteiger partial charge is 0.497 e. The molecule has 0 bridgehead atoms. The maximum Gasteiger partial charge on any atom is 0.274 e. The van der Waals surface area contributed by atoms with Crippen LogP contribution in [0.15, 0.2) is 54.6 Å². The summed E-state index contributed by atoms with van der Waals surface area (Å²) in [6.07, 6.45) is 4.28. The summed E-state index contributed by atoms with van der Waals surface area (Å²) in [6, 6.07) is 16.8. The third kappa shape index (κ3) is 6.40. The lowest BCUT2D eigenvalue weighted by atomic mass is 10.1. The van der Waals surface area contributed by atoms with E-state index >= 15 is 0 Å². The van der Waals surface area contributed by atoms with Crippen LogP contribution in [0.25, 0.3) is 16.9 Å². The van der Waals surface area contributed by atoms with E-state index in [0.717, 1.165) is 61.3 Å². The Hall–Kier alpha value is -3.37. The highest BCUT2D eigenvalue weighted by Gasteiger charge is 2.23. The van der Waals surface area contributed by atoms with Crippen LogP contribution in [-0.4, -0.2) is 68.6 Å². The number of nitrogens with one attached hydrogen (secondary N) is 1. The van der Waals surface area contributed by atoms with Gasteiger partial charge in [0.05, 0.1) is 24.7 Å². The molecule has 9 nitrogen and oxygen atoms in total. The van der Waals surface area contributed by atoms with Gasteiger partial charge in [0, 0.05) is 25.2 Å². The number of ether oxygens (including phenoxy) is 2. The number of aromatic nitrogens is 2. The molecule has 0 unspecified atom stereocenters. The molecule has 3 aromatic rings. The van der Waals surface area contributed by atoms with Crippen molar-refractivity contribution in [3.63, 3.8) is 0 Å². The quantitative estimate of drug-likeness (QED) is 0.455. The van der Waals surface area contributed by atoms with Crippen molar-refractivity contribution in [1.29, 1.82) is 0 Å². The lowest BCUT2D eigenvalue weighted by Gasteiger charge is -2.25. The fourth-order valence-corrected chi connectivity index (χ4v) is 4.44. The molecule has 1 aliphatic heterocycles. The zero-order chi connectivity index (χ0) is 24.8. The number of nitrogens with zero attached hydrogens (tertiary/aromatic N) is 3. The Bertz CT molecular complexity index is 1250. The highest BCUT2D eigenvalue weighted by atomic mass is 32.2. The number of carbonyl (C=O) groups is 1. The van der Waals surface area contributed by atoms with E-state index in [1.165, 1.54) is 0 Å². The molecular formula is C25H30N4O5S. The molecule has 0 spiro atoms. The van der Waals surface area contributed by atoms with E-state index in [-0.39, 0.29) is 19.1 Å². The van der Waals surface area contributed by atoms with Crippen molar-refractivity contribution in [2.24, 2.45) is 0 Å². The summed E-state index contributed by atoms with van der Waals surface area (Å²) in [6.45, 7) is 1.91. The monoisotopic (exact) mass is 498 g/mol. The Morgan fingerprint density at radius 1 is 1.00 bits per heavy atom. The molecule has 1 N–H and O–H groups in total. The maximum absolute atomic E-state index is 13.2. The second kappa shape index (κ2) is 10.9. The van der Waals surface area contributed by atoms with Crippen molar-refractivity contribution in [3.05, 3.63) is 60.3 Å². The molecule has 186 valence electrons. The van der Waals surface area contributed by atoms with Crippen LogP contribution in [0.3, 0.4) is 0 Å². The molecule has 0 saturated carbocycles. The van der Waals surface area contributed by atoms with Crippen LogP contribution >= 0.6 is 0 Å². The normalized spacial score (nSPS) is 14.1. The first kappa shape index (κ1) is 24.7.